The molecule has 0 aliphatic heterocycles. The number of hydrogen-bond donors (Lipinski definition) is 2. The van der Waals surface area contributed by atoms with Crippen molar-refractivity contribution in [2.75, 3.05) is 0 Å². The summed E-state index contributed by atoms with van der Waals surface area (Å²) in [7, 11) is 0. The molecule has 4 heteroatoms. The molecule has 0 heterocycles. The van der Waals surface area contributed by atoms with E-state index in [1.165, 1.54) is 6.92 Å². The lowest BCUT2D eigenvalue weighted by molar-refractivity contribution is -0.147. The van der Waals surface area contributed by atoms with Gasteiger partial charge in [0.1, 0.15) is 5.54 Å². The van der Waals surface area contributed by atoms with Crippen LogP contribution in [0.2, 0.25) is 0 Å². The van der Waals surface area contributed by atoms with Crippen molar-refractivity contribution in [3.05, 3.63) is 35.4 Å². The maximum absolute atomic E-state index is 12.5. The second kappa shape index (κ2) is 5.65. The van der Waals surface area contributed by atoms with Crippen molar-refractivity contribution < 1.29 is 14.7 Å². The van der Waals surface area contributed by atoms with Gasteiger partial charge < -0.3 is 10.4 Å². The highest BCUT2D eigenvalue weighted by Gasteiger charge is 2.38. The molecule has 0 spiro atoms. The van der Waals surface area contributed by atoms with Crippen LogP contribution in [0, 0.1) is 6.92 Å². The Hall–Kier alpha value is -1.84. The Morgan fingerprint density at radius 3 is 2.30 bits per heavy atom. The SMILES string of the molecule is CCC(C)(NC(=O)C(C)(C)c1cccc(C)c1)C(=O)O. The van der Waals surface area contributed by atoms with Gasteiger partial charge in [0.2, 0.25) is 5.91 Å². The zero-order valence-electron chi connectivity index (χ0n) is 12.8. The topological polar surface area (TPSA) is 66.4 Å². The summed E-state index contributed by atoms with van der Waals surface area (Å²) in [4.78, 5) is 23.8. The Bertz CT molecular complexity index is 522. The van der Waals surface area contributed by atoms with Crippen LogP contribution < -0.4 is 5.32 Å². The first-order chi connectivity index (χ1) is 9.13. The number of carboxylic acid groups (broad SMARTS) is 1. The maximum Gasteiger partial charge on any atom is 0.329 e. The second-order valence-electron chi connectivity index (χ2n) is 5.94. The molecule has 1 atom stereocenters. The lowest BCUT2D eigenvalue weighted by Gasteiger charge is -2.31. The monoisotopic (exact) mass is 277 g/mol. The summed E-state index contributed by atoms with van der Waals surface area (Å²) in [5, 5.41) is 11.9. The first kappa shape index (κ1) is 16.2. The van der Waals surface area contributed by atoms with Crippen LogP contribution in [0.3, 0.4) is 0 Å². The summed E-state index contributed by atoms with van der Waals surface area (Å²) in [6.07, 6.45) is 0.331. The molecule has 1 unspecified atom stereocenters. The quantitative estimate of drug-likeness (QED) is 0.869. The smallest absolute Gasteiger partial charge is 0.329 e. The fourth-order valence-corrected chi connectivity index (χ4v) is 1.86. The van der Waals surface area contributed by atoms with Gasteiger partial charge in [-0.3, -0.25) is 4.79 Å². The average Bonchev–Trinajstić information content (AvgIpc) is 2.38. The van der Waals surface area contributed by atoms with Gasteiger partial charge in [0, 0.05) is 0 Å². The second-order valence-corrected chi connectivity index (χ2v) is 5.94. The van der Waals surface area contributed by atoms with Gasteiger partial charge in [0.25, 0.3) is 0 Å². The average molecular weight is 277 g/mol. The van der Waals surface area contributed by atoms with Crippen LogP contribution in [-0.4, -0.2) is 22.5 Å². The minimum atomic E-state index is -1.24. The summed E-state index contributed by atoms with van der Waals surface area (Å²) in [6.45, 7) is 8.84. The van der Waals surface area contributed by atoms with Crippen molar-refractivity contribution >= 4 is 11.9 Å². The fraction of sp³-hybridized carbons (Fsp3) is 0.500. The van der Waals surface area contributed by atoms with Crippen LogP contribution in [0.4, 0.5) is 0 Å². The van der Waals surface area contributed by atoms with E-state index in [4.69, 9.17) is 0 Å². The summed E-state index contributed by atoms with van der Waals surface area (Å²) in [5.41, 5.74) is -0.0745. The summed E-state index contributed by atoms with van der Waals surface area (Å²) in [6, 6.07) is 7.70. The molecule has 1 aromatic carbocycles. The number of aryl methyl sites for hydroxylation is 1. The van der Waals surface area contributed by atoms with Gasteiger partial charge in [-0.1, -0.05) is 36.8 Å². The number of amides is 1. The molecule has 20 heavy (non-hydrogen) atoms. The van der Waals surface area contributed by atoms with Gasteiger partial charge in [0.05, 0.1) is 5.41 Å². The van der Waals surface area contributed by atoms with E-state index in [0.717, 1.165) is 11.1 Å². The Balaban J connectivity index is 3.04. The minimum absolute atomic E-state index is 0.283. The molecule has 1 rings (SSSR count). The lowest BCUT2D eigenvalue weighted by atomic mass is 9.82. The van der Waals surface area contributed by atoms with Crippen LogP contribution in [0.25, 0.3) is 0 Å². The lowest BCUT2D eigenvalue weighted by Crippen LogP contribution is -2.56. The number of rotatable bonds is 5. The number of carboxylic acids is 1. The molecule has 0 saturated heterocycles. The predicted octanol–water partition coefficient (Wildman–Crippen LogP) is 2.64. The van der Waals surface area contributed by atoms with Crippen LogP contribution in [-0.2, 0) is 15.0 Å². The third-order valence-electron chi connectivity index (χ3n) is 3.88. The molecule has 0 bridgehead atoms. The standard InChI is InChI=1S/C16H23NO3/c1-6-16(5,14(19)20)17-13(18)15(3,4)12-9-7-8-11(2)10-12/h7-10H,6H2,1-5H3,(H,17,18)(H,19,20). The molecule has 2 N–H and O–H groups in total. The van der Waals surface area contributed by atoms with E-state index in [2.05, 4.69) is 5.32 Å². The van der Waals surface area contributed by atoms with Gasteiger partial charge in [-0.25, -0.2) is 4.79 Å². The summed E-state index contributed by atoms with van der Waals surface area (Å²) < 4.78 is 0. The number of nitrogens with one attached hydrogen (secondary N) is 1. The summed E-state index contributed by atoms with van der Waals surface area (Å²) in [5.74, 6) is -1.30. The molecule has 0 fully saturated rings. The third-order valence-corrected chi connectivity index (χ3v) is 3.88. The molecule has 0 aromatic heterocycles. The van der Waals surface area contributed by atoms with Gasteiger partial charge in [0.15, 0.2) is 0 Å². The Morgan fingerprint density at radius 1 is 1.25 bits per heavy atom. The van der Waals surface area contributed by atoms with Crippen LogP contribution >= 0.6 is 0 Å². The molecule has 110 valence electrons. The number of carbonyl (C=O) groups excluding carboxylic acids is 1. The van der Waals surface area contributed by atoms with Crippen LogP contribution in [0.15, 0.2) is 24.3 Å². The molecule has 0 aliphatic carbocycles. The number of benzene rings is 1. The van der Waals surface area contributed by atoms with Crippen LogP contribution in [0.5, 0.6) is 0 Å². The zero-order chi connectivity index (χ0) is 15.6. The Labute approximate surface area is 120 Å². The van der Waals surface area contributed by atoms with Crippen molar-refractivity contribution in [1.82, 2.24) is 5.32 Å². The van der Waals surface area contributed by atoms with Gasteiger partial charge in [-0.05, 0) is 39.7 Å². The highest BCUT2D eigenvalue weighted by atomic mass is 16.4. The first-order valence-electron chi connectivity index (χ1n) is 6.76. The predicted molar refractivity (Wildman–Crippen MR) is 78.7 cm³/mol. The minimum Gasteiger partial charge on any atom is -0.480 e. The van der Waals surface area contributed by atoms with E-state index in [9.17, 15) is 14.7 Å². The van der Waals surface area contributed by atoms with Crippen molar-refractivity contribution in [2.45, 2.75) is 52.0 Å². The summed E-state index contributed by atoms with van der Waals surface area (Å²) >= 11 is 0. The van der Waals surface area contributed by atoms with E-state index in [1.807, 2.05) is 31.2 Å². The van der Waals surface area contributed by atoms with E-state index >= 15 is 0 Å². The number of hydrogen-bond acceptors (Lipinski definition) is 2. The van der Waals surface area contributed by atoms with E-state index in [0.29, 0.717) is 6.42 Å². The molecule has 4 nitrogen and oxygen atoms in total. The first-order valence-corrected chi connectivity index (χ1v) is 6.76. The van der Waals surface area contributed by atoms with Crippen molar-refractivity contribution in [1.29, 1.82) is 0 Å². The number of aliphatic carboxylic acids is 1. The largest absolute Gasteiger partial charge is 0.480 e. The van der Waals surface area contributed by atoms with Gasteiger partial charge >= 0.3 is 5.97 Å². The number of carbonyl (C=O) groups is 2. The van der Waals surface area contributed by atoms with Gasteiger partial charge in [-0.2, -0.15) is 0 Å². The Morgan fingerprint density at radius 2 is 1.85 bits per heavy atom. The van der Waals surface area contributed by atoms with E-state index in [-0.39, 0.29) is 5.91 Å². The zero-order valence-corrected chi connectivity index (χ0v) is 12.8. The molecule has 0 aliphatic rings. The molecule has 1 aromatic rings. The molecular formula is C16H23NO3. The van der Waals surface area contributed by atoms with Crippen molar-refractivity contribution in [3.63, 3.8) is 0 Å². The normalized spacial score (nSPS) is 14.4. The van der Waals surface area contributed by atoms with Crippen LogP contribution in [0.1, 0.15) is 45.2 Å². The highest BCUT2D eigenvalue weighted by Crippen LogP contribution is 2.25. The van der Waals surface area contributed by atoms with E-state index < -0.39 is 16.9 Å². The van der Waals surface area contributed by atoms with Gasteiger partial charge in [-0.15, -0.1) is 0 Å². The third kappa shape index (κ3) is 3.18. The molecule has 0 radical (unpaired) electrons. The molecular weight excluding hydrogens is 254 g/mol. The fourth-order valence-electron chi connectivity index (χ4n) is 1.86. The van der Waals surface area contributed by atoms with Crippen molar-refractivity contribution in [3.8, 4) is 0 Å². The van der Waals surface area contributed by atoms with Crippen molar-refractivity contribution in [2.24, 2.45) is 0 Å². The van der Waals surface area contributed by atoms with E-state index in [1.54, 1.807) is 20.8 Å². The molecule has 0 saturated carbocycles. The maximum atomic E-state index is 12.5. The highest BCUT2D eigenvalue weighted by molar-refractivity contribution is 5.92. The molecule has 1 amide bonds. The Kier molecular flexibility index (Phi) is 4.58.